The van der Waals surface area contributed by atoms with Crippen molar-refractivity contribution in [2.75, 3.05) is 26.2 Å². The molecule has 2 heterocycles. The summed E-state index contributed by atoms with van der Waals surface area (Å²) in [6, 6.07) is 13.9. The van der Waals surface area contributed by atoms with Crippen LogP contribution in [0, 0.1) is 0 Å². The summed E-state index contributed by atoms with van der Waals surface area (Å²) < 4.78 is 1.57. The molecule has 4 rings (SSSR count). The number of carbonyl (C=O) groups is 2. The van der Waals surface area contributed by atoms with Gasteiger partial charge in [0.1, 0.15) is 11.7 Å². The number of aromatic nitrogens is 1. The van der Waals surface area contributed by atoms with Gasteiger partial charge in [-0.3, -0.25) is 14.6 Å². The van der Waals surface area contributed by atoms with E-state index in [0.29, 0.717) is 47.7 Å². The van der Waals surface area contributed by atoms with E-state index in [4.69, 9.17) is 11.6 Å². The second-order valence-corrected chi connectivity index (χ2v) is 8.26. The summed E-state index contributed by atoms with van der Waals surface area (Å²) in [6.07, 6.45) is 0. The number of carboxylic acid groups (broad SMARTS) is 2. The molecule has 0 radical (unpaired) electrons. The smallest absolute Gasteiger partial charge is 0.352 e. The Kier molecular flexibility index (Phi) is 6.00. The Morgan fingerprint density at radius 2 is 1.74 bits per heavy atom. The van der Waals surface area contributed by atoms with Crippen molar-refractivity contribution in [1.82, 2.24) is 14.4 Å². The topological polar surface area (TPSA) is 86.0 Å². The van der Waals surface area contributed by atoms with Crippen LogP contribution in [0.2, 0.25) is 5.02 Å². The van der Waals surface area contributed by atoms with E-state index in [1.807, 2.05) is 41.3 Å². The Balaban J connectivity index is 1.61. The minimum atomic E-state index is -1.13. The van der Waals surface area contributed by atoms with Gasteiger partial charge in [-0.05, 0) is 23.8 Å². The van der Waals surface area contributed by atoms with Crippen molar-refractivity contribution in [2.24, 2.45) is 7.05 Å². The average Bonchev–Trinajstić information content (AvgIpc) is 3.02. The Bertz CT molecular complexity index is 1140. The normalized spacial score (nSPS) is 16.5. The first-order valence-electron chi connectivity index (χ1n) is 10.1. The molecule has 1 saturated heterocycles. The lowest BCUT2D eigenvalue weighted by Crippen LogP contribution is -2.49. The fourth-order valence-electron chi connectivity index (χ4n) is 4.49. The molecule has 0 aliphatic carbocycles. The number of benzene rings is 2. The van der Waals surface area contributed by atoms with Crippen LogP contribution in [0.15, 0.2) is 48.5 Å². The van der Waals surface area contributed by atoms with Gasteiger partial charge in [-0.2, -0.15) is 0 Å². The summed E-state index contributed by atoms with van der Waals surface area (Å²) in [5.41, 5.74) is 2.19. The first-order valence-corrected chi connectivity index (χ1v) is 10.5. The minimum Gasteiger partial charge on any atom is -0.480 e. The zero-order valence-electron chi connectivity index (χ0n) is 17.2. The molecule has 1 aliphatic rings. The molecule has 1 atom stereocenters. The molecule has 8 heteroatoms. The molecule has 1 fully saturated rings. The molecular formula is C23H24ClN3O4. The maximum Gasteiger partial charge on any atom is 0.352 e. The van der Waals surface area contributed by atoms with Gasteiger partial charge in [0.25, 0.3) is 0 Å². The number of carboxylic acids is 2. The molecule has 0 bridgehead atoms. The van der Waals surface area contributed by atoms with Crippen molar-refractivity contribution in [3.05, 3.63) is 70.4 Å². The van der Waals surface area contributed by atoms with E-state index in [2.05, 4.69) is 4.90 Å². The lowest BCUT2D eigenvalue weighted by molar-refractivity contribution is -0.144. The van der Waals surface area contributed by atoms with Crippen molar-refractivity contribution in [2.45, 2.75) is 12.6 Å². The van der Waals surface area contributed by atoms with E-state index in [0.717, 1.165) is 12.1 Å². The van der Waals surface area contributed by atoms with Crippen molar-refractivity contribution < 1.29 is 19.8 Å². The lowest BCUT2D eigenvalue weighted by Gasteiger charge is -2.38. The molecule has 0 saturated carbocycles. The number of aryl methyl sites for hydroxylation is 1. The van der Waals surface area contributed by atoms with Gasteiger partial charge in [-0.25, -0.2) is 4.79 Å². The van der Waals surface area contributed by atoms with E-state index in [1.54, 1.807) is 23.7 Å². The van der Waals surface area contributed by atoms with Gasteiger partial charge >= 0.3 is 11.9 Å². The molecule has 31 heavy (non-hydrogen) atoms. The summed E-state index contributed by atoms with van der Waals surface area (Å²) in [7, 11) is 1.66. The van der Waals surface area contributed by atoms with Crippen LogP contribution in [0.25, 0.3) is 10.9 Å². The average molecular weight is 442 g/mol. The van der Waals surface area contributed by atoms with Gasteiger partial charge in [-0.15, -0.1) is 0 Å². The highest BCUT2D eigenvalue weighted by molar-refractivity contribution is 6.30. The first kappa shape index (κ1) is 21.4. The number of rotatable bonds is 6. The molecule has 2 aromatic carbocycles. The summed E-state index contributed by atoms with van der Waals surface area (Å²) in [5.74, 6) is -2.17. The molecule has 2 N–H and O–H groups in total. The van der Waals surface area contributed by atoms with Crippen molar-refractivity contribution in [3.63, 3.8) is 0 Å². The van der Waals surface area contributed by atoms with Crippen molar-refractivity contribution in [1.29, 1.82) is 0 Å². The predicted octanol–water partition coefficient (Wildman–Crippen LogP) is 3.47. The molecule has 3 aromatic rings. The van der Waals surface area contributed by atoms with Crippen LogP contribution in [-0.4, -0.2) is 62.7 Å². The minimum absolute atomic E-state index is 0.0231. The summed E-state index contributed by atoms with van der Waals surface area (Å²) in [4.78, 5) is 28.5. The van der Waals surface area contributed by atoms with Gasteiger partial charge in [0.15, 0.2) is 0 Å². The zero-order chi connectivity index (χ0) is 22.1. The number of piperazine rings is 1. The van der Waals surface area contributed by atoms with Crippen LogP contribution in [0.3, 0.4) is 0 Å². The van der Waals surface area contributed by atoms with Crippen LogP contribution < -0.4 is 0 Å². The van der Waals surface area contributed by atoms with Crippen LogP contribution in [-0.2, 0) is 18.4 Å². The van der Waals surface area contributed by atoms with E-state index in [1.165, 1.54) is 0 Å². The largest absolute Gasteiger partial charge is 0.480 e. The number of fused-ring (bicyclic) bond motifs is 1. The Morgan fingerprint density at radius 3 is 2.39 bits per heavy atom. The SMILES string of the molecule is Cn1c(C(=O)O)c([C@H](C(=O)O)N2CCN(Cc3cccc(Cl)c3)CC2)c2ccccc21. The van der Waals surface area contributed by atoms with Crippen molar-refractivity contribution >= 4 is 34.4 Å². The third-order valence-electron chi connectivity index (χ3n) is 5.92. The summed E-state index contributed by atoms with van der Waals surface area (Å²) >= 11 is 6.08. The summed E-state index contributed by atoms with van der Waals surface area (Å²) in [5, 5.41) is 21.3. The number of nitrogens with zero attached hydrogens (tertiary/aromatic N) is 3. The van der Waals surface area contributed by atoms with Gasteiger partial charge in [0.05, 0.1) is 0 Å². The Hall–Kier alpha value is -2.87. The molecule has 162 valence electrons. The third-order valence-corrected chi connectivity index (χ3v) is 6.16. The molecule has 0 amide bonds. The quantitative estimate of drug-likeness (QED) is 0.609. The third kappa shape index (κ3) is 4.17. The number of aliphatic carboxylic acids is 1. The number of aromatic carboxylic acids is 1. The van der Waals surface area contributed by atoms with Gasteiger partial charge in [-0.1, -0.05) is 41.9 Å². The molecular weight excluding hydrogens is 418 g/mol. The van der Waals surface area contributed by atoms with Gasteiger partial charge in [0, 0.05) is 61.3 Å². The molecule has 0 spiro atoms. The van der Waals surface area contributed by atoms with Crippen molar-refractivity contribution in [3.8, 4) is 0 Å². The van der Waals surface area contributed by atoms with Crippen LogP contribution in [0.5, 0.6) is 0 Å². The number of halogens is 1. The molecule has 7 nitrogen and oxygen atoms in total. The maximum atomic E-state index is 12.4. The lowest BCUT2D eigenvalue weighted by atomic mass is 10.00. The van der Waals surface area contributed by atoms with Crippen LogP contribution in [0.1, 0.15) is 27.7 Å². The van der Waals surface area contributed by atoms with Crippen LogP contribution in [0.4, 0.5) is 0 Å². The Morgan fingerprint density at radius 1 is 1.03 bits per heavy atom. The van der Waals surface area contributed by atoms with E-state index < -0.39 is 18.0 Å². The highest BCUT2D eigenvalue weighted by atomic mass is 35.5. The second kappa shape index (κ2) is 8.70. The summed E-state index contributed by atoms with van der Waals surface area (Å²) in [6.45, 7) is 3.16. The predicted molar refractivity (Wildman–Crippen MR) is 119 cm³/mol. The highest BCUT2D eigenvalue weighted by Gasteiger charge is 2.36. The van der Waals surface area contributed by atoms with E-state index in [9.17, 15) is 19.8 Å². The monoisotopic (exact) mass is 441 g/mol. The van der Waals surface area contributed by atoms with E-state index >= 15 is 0 Å². The van der Waals surface area contributed by atoms with Gasteiger partial charge < -0.3 is 14.8 Å². The fraction of sp³-hybridized carbons (Fsp3) is 0.304. The number of para-hydroxylation sites is 1. The fourth-order valence-corrected chi connectivity index (χ4v) is 4.71. The zero-order valence-corrected chi connectivity index (χ0v) is 17.9. The number of hydrogen-bond acceptors (Lipinski definition) is 4. The standard InChI is InChI=1S/C23H24ClN3O4/c1-25-18-8-3-2-7-17(18)19(20(25)22(28)29)21(23(30)31)27-11-9-26(10-12-27)14-15-5-4-6-16(24)13-15/h2-8,13,21H,9-12,14H2,1H3,(H,28,29)(H,30,31)/t21-/m1/s1. The Labute approximate surface area is 185 Å². The highest BCUT2D eigenvalue weighted by Crippen LogP contribution is 2.34. The van der Waals surface area contributed by atoms with Gasteiger partial charge in [0.2, 0.25) is 0 Å². The molecule has 0 unspecified atom stereocenters. The van der Waals surface area contributed by atoms with E-state index in [-0.39, 0.29) is 5.69 Å². The number of hydrogen-bond donors (Lipinski definition) is 2. The molecule has 1 aliphatic heterocycles. The van der Waals surface area contributed by atoms with Crippen LogP contribution >= 0.6 is 11.6 Å². The maximum absolute atomic E-state index is 12.4. The molecule has 1 aromatic heterocycles. The second-order valence-electron chi connectivity index (χ2n) is 7.83. The first-order chi connectivity index (χ1) is 14.9.